The normalized spacial score (nSPS) is 22.4. The summed E-state index contributed by atoms with van der Waals surface area (Å²) >= 11 is 5.88. The maximum atomic E-state index is 11.9. The molecule has 0 saturated carbocycles. The summed E-state index contributed by atoms with van der Waals surface area (Å²) in [6, 6.07) is 5.00. The first-order chi connectivity index (χ1) is 9.85. The third kappa shape index (κ3) is 4.88. The van der Waals surface area contributed by atoms with Crippen LogP contribution in [0.3, 0.4) is 0 Å². The Balaban J connectivity index is 1.74. The second-order valence-corrected chi connectivity index (χ2v) is 6.34. The van der Waals surface area contributed by atoms with Gasteiger partial charge in [0, 0.05) is 24.5 Å². The molecule has 1 aliphatic rings. The first-order valence-corrected chi connectivity index (χ1v) is 7.53. The van der Waals surface area contributed by atoms with Crippen LogP contribution in [0.4, 0.5) is 11.4 Å². The molecular weight excluding hydrogens is 290 g/mol. The number of hydrogen-bond donors (Lipinski definition) is 3. The minimum absolute atomic E-state index is 0.0741. The molecule has 0 radical (unpaired) electrons. The Bertz CT molecular complexity index is 520. The fourth-order valence-corrected chi connectivity index (χ4v) is 2.71. The number of nitrogens with zero attached hydrogens (tertiary/aromatic N) is 1. The van der Waals surface area contributed by atoms with Crippen LogP contribution in [0.2, 0.25) is 5.02 Å². The topological polar surface area (TPSA) is 78.6 Å². The van der Waals surface area contributed by atoms with E-state index in [1.807, 2.05) is 6.92 Å². The third-order valence-electron chi connectivity index (χ3n) is 3.70. The zero-order valence-corrected chi connectivity index (χ0v) is 13.0. The Morgan fingerprint density at radius 2 is 2.33 bits per heavy atom. The summed E-state index contributed by atoms with van der Waals surface area (Å²) in [4.78, 5) is 14.1. The van der Waals surface area contributed by atoms with Crippen molar-refractivity contribution >= 4 is 28.9 Å². The van der Waals surface area contributed by atoms with Crippen molar-refractivity contribution in [3.8, 4) is 0 Å². The van der Waals surface area contributed by atoms with Crippen LogP contribution in [-0.2, 0) is 4.79 Å². The SMILES string of the molecule is CC1(O)CCN(CCCC(=O)Nc2cc(Cl)ccc2N)C1. The number of amides is 1. The van der Waals surface area contributed by atoms with E-state index >= 15 is 0 Å². The summed E-state index contributed by atoms with van der Waals surface area (Å²) in [5.41, 5.74) is 6.26. The van der Waals surface area contributed by atoms with Gasteiger partial charge in [-0.15, -0.1) is 0 Å². The molecule has 1 fully saturated rings. The lowest BCUT2D eigenvalue weighted by Crippen LogP contribution is -2.30. The van der Waals surface area contributed by atoms with Gasteiger partial charge < -0.3 is 21.1 Å². The summed E-state index contributed by atoms with van der Waals surface area (Å²) < 4.78 is 0. The van der Waals surface area contributed by atoms with Gasteiger partial charge >= 0.3 is 0 Å². The van der Waals surface area contributed by atoms with Crippen LogP contribution < -0.4 is 11.1 Å². The van der Waals surface area contributed by atoms with Gasteiger partial charge in [0.25, 0.3) is 0 Å². The highest BCUT2D eigenvalue weighted by Gasteiger charge is 2.30. The molecule has 2 rings (SSSR count). The lowest BCUT2D eigenvalue weighted by atomic mass is 10.1. The molecule has 4 N–H and O–H groups in total. The maximum absolute atomic E-state index is 11.9. The van der Waals surface area contributed by atoms with E-state index in [0.29, 0.717) is 29.4 Å². The number of hydrogen-bond acceptors (Lipinski definition) is 4. The second-order valence-electron chi connectivity index (χ2n) is 5.91. The number of nitrogens with one attached hydrogen (secondary N) is 1. The Morgan fingerprint density at radius 3 is 3.00 bits per heavy atom. The van der Waals surface area contributed by atoms with Crippen LogP contribution in [-0.4, -0.2) is 41.1 Å². The third-order valence-corrected chi connectivity index (χ3v) is 3.93. The van der Waals surface area contributed by atoms with E-state index in [2.05, 4.69) is 10.2 Å². The molecule has 0 spiro atoms. The first-order valence-electron chi connectivity index (χ1n) is 7.15. The Morgan fingerprint density at radius 1 is 1.57 bits per heavy atom. The first kappa shape index (κ1) is 16.1. The molecule has 0 bridgehead atoms. The number of carbonyl (C=O) groups is 1. The molecule has 21 heavy (non-hydrogen) atoms. The lowest BCUT2D eigenvalue weighted by molar-refractivity contribution is -0.116. The van der Waals surface area contributed by atoms with Crippen LogP contribution in [0.25, 0.3) is 0 Å². The smallest absolute Gasteiger partial charge is 0.224 e. The predicted octanol–water partition coefficient (Wildman–Crippen LogP) is 2.10. The number of nitrogens with two attached hydrogens (primary N) is 1. The lowest BCUT2D eigenvalue weighted by Gasteiger charge is -2.18. The Hall–Kier alpha value is -1.30. The number of β-amino-alcohol motifs (C(OH)–C–C–N with tert-alkyl or cyclic N) is 1. The molecule has 5 nitrogen and oxygen atoms in total. The molecule has 116 valence electrons. The number of aliphatic hydroxyl groups is 1. The average molecular weight is 312 g/mol. The Kier molecular flexibility index (Phi) is 5.08. The highest BCUT2D eigenvalue weighted by molar-refractivity contribution is 6.31. The van der Waals surface area contributed by atoms with E-state index < -0.39 is 5.60 Å². The van der Waals surface area contributed by atoms with E-state index in [1.54, 1.807) is 18.2 Å². The van der Waals surface area contributed by atoms with Gasteiger partial charge in [0.15, 0.2) is 0 Å². The van der Waals surface area contributed by atoms with E-state index in [-0.39, 0.29) is 5.91 Å². The highest BCUT2D eigenvalue weighted by atomic mass is 35.5. The zero-order valence-electron chi connectivity index (χ0n) is 12.2. The van der Waals surface area contributed by atoms with Crippen molar-refractivity contribution in [3.63, 3.8) is 0 Å². The molecule has 0 aromatic heterocycles. The number of benzene rings is 1. The second kappa shape index (κ2) is 6.64. The van der Waals surface area contributed by atoms with E-state index in [4.69, 9.17) is 17.3 Å². The van der Waals surface area contributed by atoms with Crippen LogP contribution in [0.5, 0.6) is 0 Å². The maximum Gasteiger partial charge on any atom is 0.224 e. The monoisotopic (exact) mass is 311 g/mol. The van der Waals surface area contributed by atoms with Crippen molar-refractivity contribution in [3.05, 3.63) is 23.2 Å². The largest absolute Gasteiger partial charge is 0.397 e. The van der Waals surface area contributed by atoms with Crippen molar-refractivity contribution in [2.24, 2.45) is 0 Å². The number of nitrogen functional groups attached to an aromatic ring is 1. The molecule has 6 heteroatoms. The molecule has 1 saturated heterocycles. The van der Waals surface area contributed by atoms with Gasteiger partial charge in [-0.2, -0.15) is 0 Å². The molecule has 1 aromatic rings. The van der Waals surface area contributed by atoms with Gasteiger partial charge in [-0.3, -0.25) is 4.79 Å². The minimum Gasteiger partial charge on any atom is -0.397 e. The number of likely N-dealkylation sites (tertiary alicyclic amines) is 1. The molecule has 1 atom stereocenters. The molecule has 1 heterocycles. The number of anilines is 2. The highest BCUT2D eigenvalue weighted by Crippen LogP contribution is 2.23. The van der Waals surface area contributed by atoms with Gasteiger partial charge in [0.2, 0.25) is 5.91 Å². The molecule has 1 unspecified atom stereocenters. The average Bonchev–Trinajstić information content (AvgIpc) is 2.73. The number of halogens is 1. The molecule has 1 aromatic carbocycles. The number of rotatable bonds is 5. The van der Waals surface area contributed by atoms with Gasteiger partial charge in [0.05, 0.1) is 17.0 Å². The molecule has 0 aliphatic carbocycles. The minimum atomic E-state index is -0.586. The standard InChI is InChI=1S/C15H22ClN3O2/c1-15(21)6-8-19(10-15)7-2-3-14(20)18-13-9-11(16)4-5-12(13)17/h4-5,9,21H,2-3,6-8,10,17H2,1H3,(H,18,20). The molecular formula is C15H22ClN3O2. The molecule has 1 aliphatic heterocycles. The fraction of sp³-hybridized carbons (Fsp3) is 0.533. The summed E-state index contributed by atoms with van der Waals surface area (Å²) in [6.07, 6.45) is 1.96. The van der Waals surface area contributed by atoms with Crippen molar-refractivity contribution < 1.29 is 9.90 Å². The van der Waals surface area contributed by atoms with Gasteiger partial charge in [0.1, 0.15) is 0 Å². The van der Waals surface area contributed by atoms with E-state index in [0.717, 1.165) is 25.9 Å². The predicted molar refractivity (Wildman–Crippen MR) is 85.4 cm³/mol. The fourth-order valence-electron chi connectivity index (χ4n) is 2.54. The van der Waals surface area contributed by atoms with Crippen molar-refractivity contribution in [1.82, 2.24) is 4.90 Å². The summed E-state index contributed by atoms with van der Waals surface area (Å²) in [5.74, 6) is -0.0741. The van der Waals surface area contributed by atoms with Gasteiger partial charge in [-0.25, -0.2) is 0 Å². The number of carbonyl (C=O) groups excluding carboxylic acids is 1. The zero-order chi connectivity index (χ0) is 15.5. The van der Waals surface area contributed by atoms with E-state index in [1.165, 1.54) is 0 Å². The van der Waals surface area contributed by atoms with Crippen LogP contribution in [0, 0.1) is 0 Å². The quantitative estimate of drug-likeness (QED) is 0.728. The molecule has 1 amide bonds. The van der Waals surface area contributed by atoms with Crippen molar-refractivity contribution in [2.75, 3.05) is 30.7 Å². The van der Waals surface area contributed by atoms with Gasteiger partial charge in [-0.1, -0.05) is 11.6 Å². The van der Waals surface area contributed by atoms with Crippen LogP contribution >= 0.6 is 11.6 Å². The summed E-state index contributed by atoms with van der Waals surface area (Å²) in [6.45, 7) is 4.22. The van der Waals surface area contributed by atoms with E-state index in [9.17, 15) is 9.90 Å². The van der Waals surface area contributed by atoms with Gasteiger partial charge in [-0.05, 0) is 44.5 Å². The summed E-state index contributed by atoms with van der Waals surface area (Å²) in [7, 11) is 0. The van der Waals surface area contributed by atoms with Crippen molar-refractivity contribution in [1.29, 1.82) is 0 Å². The van der Waals surface area contributed by atoms with Crippen LogP contribution in [0.15, 0.2) is 18.2 Å². The summed E-state index contributed by atoms with van der Waals surface area (Å²) in [5, 5.41) is 13.2. The van der Waals surface area contributed by atoms with Crippen molar-refractivity contribution in [2.45, 2.75) is 31.8 Å². The Labute approximate surface area is 130 Å². The van der Waals surface area contributed by atoms with Crippen LogP contribution in [0.1, 0.15) is 26.2 Å².